The molecule has 2 N–H and O–H groups in total. The van der Waals surface area contributed by atoms with E-state index in [0.29, 0.717) is 5.69 Å². The lowest BCUT2D eigenvalue weighted by molar-refractivity contribution is -0.122. The van der Waals surface area contributed by atoms with Gasteiger partial charge in [-0.2, -0.15) is 0 Å². The van der Waals surface area contributed by atoms with Crippen LogP contribution in [0.2, 0.25) is 0 Å². The van der Waals surface area contributed by atoms with Crippen molar-refractivity contribution in [1.82, 2.24) is 15.2 Å². The second-order valence-electron chi connectivity index (χ2n) is 6.14. The Labute approximate surface area is 151 Å². The molecule has 1 atom stereocenters. The van der Waals surface area contributed by atoms with Gasteiger partial charge in [-0.05, 0) is 12.1 Å². The molecule has 0 fully saturated rings. The summed E-state index contributed by atoms with van der Waals surface area (Å²) < 4.78 is 45.8. The Bertz CT molecular complexity index is 953. The zero-order valence-corrected chi connectivity index (χ0v) is 13.8. The number of benzene rings is 1. The van der Waals surface area contributed by atoms with Gasteiger partial charge in [0, 0.05) is 11.6 Å². The summed E-state index contributed by atoms with van der Waals surface area (Å²) in [5, 5.41) is 5.05. The molecule has 1 aromatic carbocycles. The highest BCUT2D eigenvalue weighted by molar-refractivity contribution is 5.95. The van der Waals surface area contributed by atoms with Crippen LogP contribution in [0.1, 0.15) is 17.3 Å². The monoisotopic (exact) mass is 378 g/mol. The number of carbonyl (C=O) groups excluding carboxylic acids is 2. The largest absolute Gasteiger partial charge is 0.489 e. The number of nitrogens with zero attached hydrogens (tertiary/aromatic N) is 2. The maximum absolute atomic E-state index is 13.9. The number of rotatable bonds is 3. The summed E-state index contributed by atoms with van der Waals surface area (Å²) in [4.78, 5) is 29.4. The number of hydrogen-bond donors (Lipinski definition) is 2. The lowest BCUT2D eigenvalue weighted by Crippen LogP contribution is -2.45. The molecule has 0 unspecified atom stereocenters. The molecule has 140 valence electrons. The first-order valence-electron chi connectivity index (χ1n) is 8.03. The van der Waals surface area contributed by atoms with Crippen molar-refractivity contribution in [2.45, 2.75) is 12.6 Å². The number of halogens is 3. The van der Waals surface area contributed by atoms with E-state index in [-0.39, 0.29) is 36.7 Å². The van der Waals surface area contributed by atoms with Gasteiger partial charge in [-0.3, -0.25) is 9.78 Å². The first-order valence-corrected chi connectivity index (χ1v) is 8.03. The molecule has 1 aromatic heterocycles. The normalized spacial score (nSPS) is 17.7. The average molecular weight is 378 g/mol. The van der Waals surface area contributed by atoms with Crippen molar-refractivity contribution in [2.24, 2.45) is 0 Å². The molecule has 0 saturated carbocycles. The summed E-state index contributed by atoms with van der Waals surface area (Å²) in [7, 11) is 0. The van der Waals surface area contributed by atoms with Crippen LogP contribution in [0.5, 0.6) is 5.75 Å². The van der Waals surface area contributed by atoms with E-state index in [1.54, 1.807) is 0 Å². The number of hydrogen-bond acceptors (Lipinski definition) is 4. The lowest BCUT2D eigenvalue weighted by Gasteiger charge is -2.29. The minimum atomic E-state index is -1.07. The number of amides is 3. The standard InChI is InChI=1S/C17H13F3N4O3/c18-8-3-13-16(21-4-8)12(7-27-13)22-14(25)6-24-5-9-11(23-17(24)26)2-1-10(19)15(9)20/h1-4,12H,5-7H2,(H,22,25)(H,23,26)/t12-/m0/s1. The summed E-state index contributed by atoms with van der Waals surface area (Å²) in [6.45, 7) is -0.556. The van der Waals surface area contributed by atoms with E-state index in [1.165, 1.54) is 12.1 Å². The van der Waals surface area contributed by atoms with Crippen molar-refractivity contribution in [1.29, 1.82) is 0 Å². The molecule has 3 amide bonds. The average Bonchev–Trinajstić information content (AvgIpc) is 3.01. The Balaban J connectivity index is 1.45. The second-order valence-corrected chi connectivity index (χ2v) is 6.14. The number of urea groups is 1. The molecule has 0 bridgehead atoms. The van der Waals surface area contributed by atoms with Crippen LogP contribution in [-0.2, 0) is 11.3 Å². The summed E-state index contributed by atoms with van der Waals surface area (Å²) in [5.74, 6) is -2.96. The SMILES string of the molecule is O=C(CN1Cc2c(ccc(F)c2F)NC1=O)N[C@H]1COc2cc(F)cnc21. The third-order valence-electron chi connectivity index (χ3n) is 4.33. The van der Waals surface area contributed by atoms with Gasteiger partial charge < -0.3 is 20.3 Å². The van der Waals surface area contributed by atoms with E-state index in [9.17, 15) is 22.8 Å². The van der Waals surface area contributed by atoms with Crippen molar-refractivity contribution in [2.75, 3.05) is 18.5 Å². The fraction of sp³-hybridized carbons (Fsp3) is 0.235. The molecule has 3 heterocycles. The predicted molar refractivity (Wildman–Crippen MR) is 86.4 cm³/mol. The molecule has 0 aliphatic carbocycles. The molecule has 2 aromatic rings. The van der Waals surface area contributed by atoms with Gasteiger partial charge >= 0.3 is 6.03 Å². The van der Waals surface area contributed by atoms with Crippen molar-refractivity contribution in [3.05, 3.63) is 53.1 Å². The minimum Gasteiger partial charge on any atom is -0.489 e. The van der Waals surface area contributed by atoms with Gasteiger partial charge in [0.2, 0.25) is 5.91 Å². The van der Waals surface area contributed by atoms with Crippen molar-refractivity contribution >= 4 is 17.6 Å². The number of nitrogens with one attached hydrogen (secondary N) is 2. The molecule has 10 heteroatoms. The van der Waals surface area contributed by atoms with Crippen LogP contribution < -0.4 is 15.4 Å². The van der Waals surface area contributed by atoms with E-state index in [4.69, 9.17) is 4.74 Å². The topological polar surface area (TPSA) is 83.6 Å². The number of anilines is 1. The smallest absolute Gasteiger partial charge is 0.322 e. The highest BCUT2D eigenvalue weighted by Gasteiger charge is 2.31. The first-order chi connectivity index (χ1) is 12.9. The van der Waals surface area contributed by atoms with E-state index in [1.807, 2.05) is 0 Å². The highest BCUT2D eigenvalue weighted by Crippen LogP contribution is 2.31. The van der Waals surface area contributed by atoms with E-state index < -0.39 is 35.4 Å². The first kappa shape index (κ1) is 17.1. The van der Waals surface area contributed by atoms with Crippen LogP contribution in [0.4, 0.5) is 23.7 Å². The van der Waals surface area contributed by atoms with E-state index in [2.05, 4.69) is 15.6 Å². The van der Waals surface area contributed by atoms with Crippen LogP contribution >= 0.6 is 0 Å². The Kier molecular flexibility index (Phi) is 4.09. The molecular formula is C17H13F3N4O3. The van der Waals surface area contributed by atoms with E-state index >= 15 is 0 Å². The fourth-order valence-electron chi connectivity index (χ4n) is 3.03. The van der Waals surface area contributed by atoms with E-state index in [0.717, 1.165) is 17.2 Å². The van der Waals surface area contributed by atoms with Crippen LogP contribution in [0.3, 0.4) is 0 Å². The molecule has 2 aliphatic heterocycles. The van der Waals surface area contributed by atoms with Gasteiger partial charge in [0.15, 0.2) is 11.6 Å². The Hall–Kier alpha value is -3.30. The number of aromatic nitrogens is 1. The minimum absolute atomic E-state index is 0.0333. The molecule has 0 saturated heterocycles. The number of fused-ring (bicyclic) bond motifs is 2. The van der Waals surface area contributed by atoms with Crippen molar-refractivity contribution in [3.8, 4) is 5.75 Å². The second kappa shape index (κ2) is 6.45. The lowest BCUT2D eigenvalue weighted by atomic mass is 10.1. The van der Waals surface area contributed by atoms with Crippen LogP contribution in [0.15, 0.2) is 24.4 Å². The van der Waals surface area contributed by atoms with Gasteiger partial charge in [-0.25, -0.2) is 18.0 Å². The molecule has 7 nitrogen and oxygen atoms in total. The molecule has 0 radical (unpaired) electrons. The number of carbonyl (C=O) groups is 2. The zero-order valence-electron chi connectivity index (χ0n) is 13.8. The third-order valence-corrected chi connectivity index (χ3v) is 4.33. The molecular weight excluding hydrogens is 365 g/mol. The summed E-state index contributed by atoms with van der Waals surface area (Å²) in [6.07, 6.45) is 1.01. The van der Waals surface area contributed by atoms with Crippen LogP contribution in [0.25, 0.3) is 0 Å². The van der Waals surface area contributed by atoms with Gasteiger partial charge in [0.25, 0.3) is 0 Å². The van der Waals surface area contributed by atoms with Crippen LogP contribution in [-0.4, -0.2) is 35.0 Å². The van der Waals surface area contributed by atoms with Crippen LogP contribution in [0, 0.1) is 17.5 Å². The molecule has 4 rings (SSSR count). The molecule has 2 aliphatic rings. The Morgan fingerprint density at radius 3 is 3.00 bits per heavy atom. The maximum Gasteiger partial charge on any atom is 0.322 e. The predicted octanol–water partition coefficient (Wildman–Crippen LogP) is 2.10. The zero-order chi connectivity index (χ0) is 19.1. The van der Waals surface area contributed by atoms with Crippen molar-refractivity contribution in [3.63, 3.8) is 0 Å². The number of pyridine rings is 1. The summed E-state index contributed by atoms with van der Waals surface area (Å²) >= 11 is 0. The van der Waals surface area contributed by atoms with Gasteiger partial charge in [-0.15, -0.1) is 0 Å². The van der Waals surface area contributed by atoms with Gasteiger partial charge in [-0.1, -0.05) is 0 Å². The number of ether oxygens (including phenoxy) is 1. The Morgan fingerprint density at radius 2 is 2.19 bits per heavy atom. The van der Waals surface area contributed by atoms with Gasteiger partial charge in [0.1, 0.15) is 36.5 Å². The summed E-state index contributed by atoms with van der Waals surface area (Å²) in [6, 6.07) is 2.15. The molecule has 0 spiro atoms. The third kappa shape index (κ3) is 3.14. The fourth-order valence-corrected chi connectivity index (χ4v) is 3.03. The summed E-state index contributed by atoms with van der Waals surface area (Å²) in [5.41, 5.74) is 0.514. The quantitative estimate of drug-likeness (QED) is 0.857. The van der Waals surface area contributed by atoms with Crippen molar-refractivity contribution < 1.29 is 27.5 Å². The Morgan fingerprint density at radius 1 is 1.37 bits per heavy atom. The maximum atomic E-state index is 13.9. The molecule has 27 heavy (non-hydrogen) atoms. The van der Waals surface area contributed by atoms with Gasteiger partial charge in [0.05, 0.1) is 18.4 Å². The highest BCUT2D eigenvalue weighted by atomic mass is 19.2.